The van der Waals surface area contributed by atoms with Gasteiger partial charge in [-0.25, -0.2) is 4.98 Å². The summed E-state index contributed by atoms with van der Waals surface area (Å²) in [6.07, 6.45) is 0.0730. The van der Waals surface area contributed by atoms with E-state index in [1.807, 2.05) is 0 Å². The SMILES string of the molecule is CC1CCCC1Nc1ncccc1C(F)(F)F. The molecule has 0 spiro atoms. The van der Waals surface area contributed by atoms with Crippen molar-refractivity contribution in [3.63, 3.8) is 0 Å². The van der Waals surface area contributed by atoms with E-state index in [2.05, 4.69) is 17.2 Å². The molecule has 0 bridgehead atoms. The Morgan fingerprint density at radius 3 is 2.71 bits per heavy atom. The monoisotopic (exact) mass is 244 g/mol. The predicted octanol–water partition coefficient (Wildman–Crippen LogP) is 3.70. The van der Waals surface area contributed by atoms with Crippen LogP contribution < -0.4 is 5.32 Å². The van der Waals surface area contributed by atoms with Crippen LogP contribution in [0.25, 0.3) is 0 Å². The lowest BCUT2D eigenvalue weighted by Gasteiger charge is -2.20. The third-order valence-electron chi connectivity index (χ3n) is 3.30. The first kappa shape index (κ1) is 12.2. The Hall–Kier alpha value is -1.26. The molecule has 2 unspecified atom stereocenters. The number of anilines is 1. The van der Waals surface area contributed by atoms with Gasteiger partial charge in [-0.3, -0.25) is 0 Å². The molecule has 5 heteroatoms. The van der Waals surface area contributed by atoms with E-state index in [-0.39, 0.29) is 11.9 Å². The Balaban J connectivity index is 2.21. The molecular formula is C12H15F3N2. The highest BCUT2D eigenvalue weighted by Crippen LogP contribution is 2.35. The molecule has 1 aromatic heterocycles. The Labute approximate surface area is 98.2 Å². The Bertz CT molecular complexity index is 390. The average Bonchev–Trinajstić information content (AvgIpc) is 2.64. The van der Waals surface area contributed by atoms with Crippen molar-refractivity contribution in [2.45, 2.75) is 38.4 Å². The molecule has 1 N–H and O–H groups in total. The van der Waals surface area contributed by atoms with Crippen LogP contribution in [0, 0.1) is 5.92 Å². The second kappa shape index (κ2) is 4.55. The molecule has 94 valence electrons. The van der Waals surface area contributed by atoms with Gasteiger partial charge in [-0.1, -0.05) is 13.3 Å². The van der Waals surface area contributed by atoms with Crippen LogP contribution >= 0.6 is 0 Å². The highest BCUT2D eigenvalue weighted by molar-refractivity contribution is 5.46. The first-order valence-electron chi connectivity index (χ1n) is 5.77. The quantitative estimate of drug-likeness (QED) is 0.858. The molecule has 0 amide bonds. The molecule has 1 aliphatic carbocycles. The van der Waals surface area contributed by atoms with Crippen LogP contribution in [0.15, 0.2) is 18.3 Å². The first-order chi connectivity index (χ1) is 7.98. The summed E-state index contributed by atoms with van der Waals surface area (Å²) >= 11 is 0. The zero-order valence-electron chi connectivity index (χ0n) is 9.59. The highest BCUT2D eigenvalue weighted by Gasteiger charge is 2.35. The summed E-state index contributed by atoms with van der Waals surface area (Å²) in [5.74, 6) is 0.358. The second-order valence-electron chi connectivity index (χ2n) is 4.56. The number of pyridine rings is 1. The third-order valence-corrected chi connectivity index (χ3v) is 3.30. The van der Waals surface area contributed by atoms with Crippen LogP contribution in [0.5, 0.6) is 0 Å². The van der Waals surface area contributed by atoms with Gasteiger partial charge < -0.3 is 5.32 Å². The van der Waals surface area contributed by atoms with Crippen molar-refractivity contribution >= 4 is 5.82 Å². The molecule has 2 atom stereocenters. The lowest BCUT2D eigenvalue weighted by molar-refractivity contribution is -0.137. The topological polar surface area (TPSA) is 24.9 Å². The maximum atomic E-state index is 12.7. The molecule has 0 saturated heterocycles. The maximum Gasteiger partial charge on any atom is 0.419 e. The zero-order valence-corrected chi connectivity index (χ0v) is 9.59. The Kier molecular flexibility index (Phi) is 3.26. The standard InChI is InChI=1S/C12H15F3N2/c1-8-4-2-6-10(8)17-11-9(12(13,14)15)5-3-7-16-11/h3,5,7-8,10H,2,4,6H2,1H3,(H,16,17). The fraction of sp³-hybridized carbons (Fsp3) is 0.583. The lowest BCUT2D eigenvalue weighted by atomic mass is 10.1. The fourth-order valence-corrected chi connectivity index (χ4v) is 2.28. The Morgan fingerprint density at radius 1 is 1.35 bits per heavy atom. The van der Waals surface area contributed by atoms with Gasteiger partial charge in [0.1, 0.15) is 5.82 Å². The largest absolute Gasteiger partial charge is 0.419 e. The van der Waals surface area contributed by atoms with E-state index in [4.69, 9.17) is 0 Å². The number of hydrogen-bond donors (Lipinski definition) is 1. The number of nitrogens with zero attached hydrogens (tertiary/aromatic N) is 1. The van der Waals surface area contributed by atoms with E-state index in [0.717, 1.165) is 25.3 Å². The minimum absolute atomic E-state index is 0.0428. The van der Waals surface area contributed by atoms with Gasteiger partial charge in [0.15, 0.2) is 0 Å². The van der Waals surface area contributed by atoms with Crippen molar-refractivity contribution in [3.8, 4) is 0 Å². The molecule has 1 aromatic rings. The van der Waals surface area contributed by atoms with Crippen molar-refractivity contribution in [2.75, 3.05) is 5.32 Å². The van der Waals surface area contributed by atoms with Gasteiger partial charge in [0, 0.05) is 12.2 Å². The summed E-state index contributed by atoms with van der Waals surface area (Å²) in [6, 6.07) is 2.48. The molecule has 2 nitrogen and oxygen atoms in total. The summed E-state index contributed by atoms with van der Waals surface area (Å²) in [5, 5.41) is 2.93. The summed E-state index contributed by atoms with van der Waals surface area (Å²) in [7, 11) is 0. The smallest absolute Gasteiger partial charge is 0.367 e. The van der Waals surface area contributed by atoms with Crippen LogP contribution in [-0.4, -0.2) is 11.0 Å². The van der Waals surface area contributed by atoms with Crippen LogP contribution in [-0.2, 0) is 6.18 Å². The number of aromatic nitrogens is 1. The fourth-order valence-electron chi connectivity index (χ4n) is 2.28. The molecule has 17 heavy (non-hydrogen) atoms. The summed E-state index contributed by atoms with van der Waals surface area (Å²) in [5.41, 5.74) is -0.681. The molecule has 1 aliphatic rings. The number of alkyl halides is 3. The van der Waals surface area contributed by atoms with Gasteiger partial charge >= 0.3 is 6.18 Å². The minimum Gasteiger partial charge on any atom is -0.367 e. The Morgan fingerprint density at radius 2 is 2.12 bits per heavy atom. The number of rotatable bonds is 2. The molecule has 0 radical (unpaired) electrons. The molecule has 1 fully saturated rings. The van der Waals surface area contributed by atoms with E-state index >= 15 is 0 Å². The van der Waals surface area contributed by atoms with E-state index in [0.29, 0.717) is 5.92 Å². The molecule has 0 aromatic carbocycles. The number of nitrogens with one attached hydrogen (secondary N) is 1. The molecular weight excluding hydrogens is 229 g/mol. The van der Waals surface area contributed by atoms with E-state index in [1.54, 1.807) is 0 Å². The van der Waals surface area contributed by atoms with E-state index in [1.165, 1.54) is 12.3 Å². The van der Waals surface area contributed by atoms with Gasteiger partial charge in [-0.2, -0.15) is 13.2 Å². The second-order valence-corrected chi connectivity index (χ2v) is 4.56. The normalized spacial score (nSPS) is 24.9. The summed E-state index contributed by atoms with van der Waals surface area (Å²) in [4.78, 5) is 3.81. The summed E-state index contributed by atoms with van der Waals surface area (Å²) in [6.45, 7) is 2.06. The predicted molar refractivity (Wildman–Crippen MR) is 59.7 cm³/mol. The highest BCUT2D eigenvalue weighted by atomic mass is 19.4. The van der Waals surface area contributed by atoms with Crippen molar-refractivity contribution in [2.24, 2.45) is 5.92 Å². The molecule has 1 heterocycles. The molecule has 1 saturated carbocycles. The van der Waals surface area contributed by atoms with Gasteiger partial charge in [0.2, 0.25) is 0 Å². The lowest BCUT2D eigenvalue weighted by Crippen LogP contribution is -2.24. The van der Waals surface area contributed by atoms with Gasteiger partial charge in [-0.05, 0) is 30.9 Å². The number of halogens is 3. The van der Waals surface area contributed by atoms with Crippen molar-refractivity contribution in [3.05, 3.63) is 23.9 Å². The summed E-state index contributed by atoms with van der Waals surface area (Å²) < 4.78 is 38.2. The van der Waals surface area contributed by atoms with Crippen molar-refractivity contribution in [1.29, 1.82) is 0 Å². The van der Waals surface area contributed by atoms with E-state index in [9.17, 15) is 13.2 Å². The maximum absolute atomic E-state index is 12.7. The van der Waals surface area contributed by atoms with Crippen LogP contribution in [0.3, 0.4) is 0 Å². The first-order valence-corrected chi connectivity index (χ1v) is 5.77. The molecule has 2 rings (SSSR count). The van der Waals surface area contributed by atoms with Crippen LogP contribution in [0.2, 0.25) is 0 Å². The van der Waals surface area contributed by atoms with Crippen molar-refractivity contribution in [1.82, 2.24) is 4.98 Å². The van der Waals surface area contributed by atoms with Gasteiger partial charge in [0.25, 0.3) is 0 Å². The van der Waals surface area contributed by atoms with Gasteiger partial charge in [0.05, 0.1) is 5.56 Å². The third kappa shape index (κ3) is 2.70. The van der Waals surface area contributed by atoms with Crippen LogP contribution in [0.1, 0.15) is 31.7 Å². The number of hydrogen-bond acceptors (Lipinski definition) is 2. The zero-order chi connectivity index (χ0) is 12.5. The van der Waals surface area contributed by atoms with Crippen molar-refractivity contribution < 1.29 is 13.2 Å². The minimum atomic E-state index is -4.35. The average molecular weight is 244 g/mol. The van der Waals surface area contributed by atoms with Gasteiger partial charge in [-0.15, -0.1) is 0 Å². The van der Waals surface area contributed by atoms with Crippen LogP contribution in [0.4, 0.5) is 19.0 Å². The molecule has 0 aliphatic heterocycles. The van der Waals surface area contributed by atoms with E-state index < -0.39 is 11.7 Å².